The number of phenols is 1. The Morgan fingerprint density at radius 1 is 0.721 bits per heavy atom. The van der Waals surface area contributed by atoms with Crippen LogP contribution in [0, 0.1) is 0 Å². The van der Waals surface area contributed by atoms with Crippen molar-refractivity contribution < 1.29 is 89.0 Å². The Kier molecular flexibility index (Phi) is 19.5. The molecular weight excluding hydrogens is 615 g/mol. The number of aromatic hydroxyl groups is 1. The van der Waals surface area contributed by atoms with Crippen LogP contribution in [0.1, 0.15) is 18.1 Å². The number of halogens is 2. The molecule has 2 amide bonds. The first-order chi connectivity index (χ1) is 19.3. The van der Waals surface area contributed by atoms with Gasteiger partial charge in [-0.05, 0) is 35.4 Å². The summed E-state index contributed by atoms with van der Waals surface area (Å²) in [6, 6.07) is 7.96. The Morgan fingerprint density at radius 3 is 1.56 bits per heavy atom. The van der Waals surface area contributed by atoms with Crippen LogP contribution in [0.15, 0.2) is 36.4 Å². The van der Waals surface area contributed by atoms with Crippen molar-refractivity contribution in [1.29, 1.82) is 0 Å². The fourth-order valence-corrected chi connectivity index (χ4v) is 3.14. The Morgan fingerprint density at radius 2 is 1.14 bits per heavy atom. The number of methoxy groups -OCH3 is 2. The van der Waals surface area contributed by atoms with E-state index in [1.807, 2.05) is 0 Å². The van der Waals surface area contributed by atoms with Crippen molar-refractivity contribution in [3.8, 4) is 23.0 Å². The third-order valence-corrected chi connectivity index (χ3v) is 5.13. The van der Waals surface area contributed by atoms with Crippen molar-refractivity contribution in [2.75, 3.05) is 28.3 Å². The summed E-state index contributed by atoms with van der Waals surface area (Å²) in [7, 11) is 5.38. The number of hydrogen-bond acceptors (Lipinski definition) is 11. The number of phenolic OH excluding ortho intramolecular Hbond substituents is 1. The number of benzene rings is 2. The van der Waals surface area contributed by atoms with Crippen molar-refractivity contribution in [1.82, 2.24) is 10.6 Å². The van der Waals surface area contributed by atoms with Crippen LogP contribution in [0.4, 0.5) is 9.59 Å². The van der Waals surface area contributed by atoms with E-state index < -0.39 is 42.2 Å². The Balaban J connectivity index is 0. The molecule has 2 aromatic carbocycles. The highest BCUT2D eigenvalue weighted by molar-refractivity contribution is 5.76. The minimum absolute atomic E-state index is 0. The summed E-state index contributed by atoms with van der Waals surface area (Å²) in [6.07, 6.45) is -0.787. The molecular formula is C26H36Cl2N4O11. The van der Waals surface area contributed by atoms with E-state index in [0.29, 0.717) is 17.5 Å². The molecule has 0 fully saturated rings. The topological polar surface area (TPSA) is 231 Å². The van der Waals surface area contributed by atoms with Gasteiger partial charge in [0.05, 0.1) is 14.2 Å². The van der Waals surface area contributed by atoms with Crippen LogP contribution in [0.5, 0.6) is 23.0 Å². The highest BCUT2D eigenvalue weighted by atomic mass is 35.5. The van der Waals surface area contributed by atoms with Gasteiger partial charge in [-0.25, -0.2) is 19.2 Å². The predicted octanol–water partition coefficient (Wildman–Crippen LogP) is -6.90. The van der Waals surface area contributed by atoms with Crippen LogP contribution in [0.3, 0.4) is 0 Å². The minimum atomic E-state index is -0.704. The molecule has 17 heteroatoms. The summed E-state index contributed by atoms with van der Waals surface area (Å²) in [6.45, 7) is 1.24. The molecule has 0 heterocycles. The molecule has 0 aliphatic carbocycles. The van der Waals surface area contributed by atoms with Crippen LogP contribution in [0.2, 0.25) is 0 Å². The fourth-order valence-electron chi connectivity index (χ4n) is 3.14. The first-order valence-corrected chi connectivity index (χ1v) is 12.1. The lowest BCUT2D eigenvalue weighted by Crippen LogP contribution is -3.00. The van der Waals surface area contributed by atoms with Gasteiger partial charge in [0.15, 0.2) is 35.1 Å². The van der Waals surface area contributed by atoms with Gasteiger partial charge in [-0.2, -0.15) is 0 Å². The van der Waals surface area contributed by atoms with Crippen molar-refractivity contribution >= 4 is 30.1 Å². The van der Waals surface area contributed by atoms with Gasteiger partial charge in [0.25, 0.3) is 0 Å². The summed E-state index contributed by atoms with van der Waals surface area (Å²) in [5.74, 6) is -1.37. The second-order valence-electron chi connectivity index (χ2n) is 8.30. The molecule has 2 aromatic rings. The second kappa shape index (κ2) is 20.5. The second-order valence-corrected chi connectivity index (χ2v) is 8.30. The lowest BCUT2D eigenvalue weighted by atomic mass is 10.1. The monoisotopic (exact) mass is 650 g/mol. The smallest absolute Gasteiger partial charge is 0.412 e. The third kappa shape index (κ3) is 14.4. The average molecular weight is 651 g/mol. The summed E-state index contributed by atoms with van der Waals surface area (Å²) in [4.78, 5) is 56.2. The molecule has 240 valence electrons. The summed E-state index contributed by atoms with van der Waals surface area (Å²) >= 11 is 0. The lowest BCUT2D eigenvalue weighted by molar-refractivity contribution is -0.407. The molecule has 0 saturated carbocycles. The number of nitrogens with one attached hydrogen (secondary N) is 2. The fraction of sp³-hybridized carbons (Fsp3) is 0.346. The molecule has 0 radical (unpaired) electrons. The molecule has 0 aromatic heterocycles. The minimum Gasteiger partial charge on any atom is -1.00 e. The van der Waals surface area contributed by atoms with E-state index in [1.54, 1.807) is 12.1 Å². The van der Waals surface area contributed by atoms with Gasteiger partial charge >= 0.3 is 30.1 Å². The van der Waals surface area contributed by atoms with Gasteiger partial charge in [0.1, 0.15) is 0 Å². The number of amides is 2. The molecule has 43 heavy (non-hydrogen) atoms. The average Bonchev–Trinajstić information content (AvgIpc) is 2.94. The van der Waals surface area contributed by atoms with Crippen molar-refractivity contribution in [2.45, 2.75) is 31.8 Å². The first-order valence-electron chi connectivity index (χ1n) is 12.1. The van der Waals surface area contributed by atoms with E-state index in [0.717, 1.165) is 0 Å². The maximum absolute atomic E-state index is 11.4. The molecule has 2 rings (SSSR count). The number of esters is 3. The molecule has 15 nitrogen and oxygen atoms in total. The number of quaternary nitrogens is 2. The van der Waals surface area contributed by atoms with Gasteiger partial charge in [-0.15, -0.1) is 0 Å². The lowest BCUT2D eigenvalue weighted by Gasteiger charge is -2.12. The van der Waals surface area contributed by atoms with E-state index in [4.69, 9.17) is 14.2 Å². The number of carbonyl (C=O) groups is 5. The van der Waals surface area contributed by atoms with E-state index in [9.17, 15) is 29.1 Å². The molecule has 0 unspecified atom stereocenters. The SMILES string of the molecule is CNC(=O)Oc1cc(C[C@H]([NH3+])C(=O)OC)ccc1O.CNC(=O)Oc1cc(C[C@H]([NH3+])C(=O)OC)ccc1OC(C)=O.[Cl-].[Cl-]. The van der Waals surface area contributed by atoms with E-state index in [1.165, 1.54) is 59.5 Å². The van der Waals surface area contributed by atoms with Gasteiger partial charge in [-0.3, -0.25) is 4.79 Å². The standard InChI is InChI=1S/C14H18N2O6.C12H16N2O5.2ClH/c1-8(17)21-11-5-4-9(6-10(15)13(18)20-3)7-12(11)22-14(19)16-2;1-14-12(17)19-10-6-7(3-4-9(10)15)5-8(13)11(16)18-2;;/h4-5,7,10H,6,15H2,1-3H3,(H,16,19);3-4,6,8,15H,5,13H2,1-2H3,(H,14,17);2*1H/t10-;8-;;/m00../s1. The Bertz CT molecular complexity index is 1250. The largest absolute Gasteiger partial charge is 1.00 e. The molecule has 0 spiro atoms. The Labute approximate surface area is 260 Å². The molecule has 9 N–H and O–H groups in total. The van der Waals surface area contributed by atoms with Crippen LogP contribution in [0.25, 0.3) is 0 Å². The highest BCUT2D eigenvalue weighted by Crippen LogP contribution is 2.29. The predicted molar refractivity (Wildman–Crippen MR) is 141 cm³/mol. The number of hydrogen-bond donors (Lipinski definition) is 5. The van der Waals surface area contributed by atoms with Crippen molar-refractivity contribution in [3.05, 3.63) is 47.5 Å². The summed E-state index contributed by atoms with van der Waals surface area (Å²) in [5, 5.41) is 14.1. The van der Waals surface area contributed by atoms with Gasteiger partial charge < -0.3 is 75.7 Å². The van der Waals surface area contributed by atoms with E-state index in [2.05, 4.69) is 31.6 Å². The maximum Gasteiger partial charge on any atom is 0.412 e. The van der Waals surface area contributed by atoms with Crippen molar-refractivity contribution in [3.63, 3.8) is 0 Å². The maximum atomic E-state index is 11.4. The van der Waals surface area contributed by atoms with E-state index in [-0.39, 0.29) is 54.2 Å². The quantitative estimate of drug-likeness (QED) is 0.126. The van der Waals surface area contributed by atoms with Crippen molar-refractivity contribution in [2.24, 2.45) is 0 Å². The molecule has 0 aliphatic rings. The molecule has 2 atom stereocenters. The third-order valence-electron chi connectivity index (χ3n) is 5.13. The summed E-state index contributed by atoms with van der Waals surface area (Å²) < 4.78 is 24.1. The zero-order valence-corrected chi connectivity index (χ0v) is 25.7. The highest BCUT2D eigenvalue weighted by Gasteiger charge is 2.21. The van der Waals surface area contributed by atoms with Crippen LogP contribution in [-0.4, -0.2) is 75.6 Å². The van der Waals surface area contributed by atoms with Crippen LogP contribution >= 0.6 is 0 Å². The normalized spacial score (nSPS) is 10.9. The summed E-state index contributed by atoms with van der Waals surface area (Å²) in [5.41, 5.74) is 8.75. The van der Waals surface area contributed by atoms with E-state index >= 15 is 0 Å². The van der Waals surface area contributed by atoms with Gasteiger partial charge in [0.2, 0.25) is 0 Å². The number of rotatable bonds is 9. The van der Waals surface area contributed by atoms with Crippen LogP contribution in [-0.2, 0) is 36.7 Å². The number of carbonyl (C=O) groups excluding carboxylic acids is 5. The molecule has 0 bridgehead atoms. The molecule has 0 aliphatic heterocycles. The van der Waals surface area contributed by atoms with Gasteiger partial charge in [0, 0.05) is 33.9 Å². The Hall–Kier alpha value is -4.31. The first kappa shape index (κ1) is 40.8. The molecule has 0 saturated heterocycles. The number of ether oxygens (including phenoxy) is 5. The van der Waals surface area contributed by atoms with Crippen LogP contribution < -0.4 is 61.1 Å². The zero-order valence-electron chi connectivity index (χ0n) is 24.2. The zero-order chi connectivity index (χ0) is 31.1. The van der Waals surface area contributed by atoms with Gasteiger partial charge in [-0.1, -0.05) is 12.1 Å².